The van der Waals surface area contributed by atoms with Crippen LogP contribution < -0.4 is 10.4 Å². The standard InChI is InChI=1S/C25H46N2O5S/c1-3-4-5-6-7-8-9-10-11-12-13-14-15-16-21-27(22-23-32-26-28)33(29,30)25-19-17-24(31-2)18-20-25/h17-20,26,28H,3-16,21-23H2,1-2H3. The van der Waals surface area contributed by atoms with Crippen LogP contribution in [0.2, 0.25) is 0 Å². The fraction of sp³-hybridized carbons (Fsp3) is 0.760. The van der Waals surface area contributed by atoms with Crippen molar-refractivity contribution in [3.05, 3.63) is 24.3 Å². The molecule has 0 aliphatic carbocycles. The van der Waals surface area contributed by atoms with Gasteiger partial charge in [-0.25, -0.2) is 8.42 Å². The molecule has 1 aromatic carbocycles. The molecule has 1 aromatic rings. The fourth-order valence-corrected chi connectivity index (χ4v) is 5.39. The van der Waals surface area contributed by atoms with Crippen LogP contribution in [0.15, 0.2) is 29.2 Å². The second-order valence-electron chi connectivity index (χ2n) is 8.62. The second-order valence-corrected chi connectivity index (χ2v) is 10.6. The molecule has 0 spiro atoms. The molecule has 7 nitrogen and oxygen atoms in total. The van der Waals surface area contributed by atoms with Gasteiger partial charge in [-0.2, -0.15) is 4.31 Å². The average molecular weight is 487 g/mol. The summed E-state index contributed by atoms with van der Waals surface area (Å²) in [5, 5.41) is 8.61. The molecule has 0 bridgehead atoms. The molecule has 0 heterocycles. The Morgan fingerprint density at radius 1 is 0.788 bits per heavy atom. The van der Waals surface area contributed by atoms with Gasteiger partial charge in [0.05, 0.1) is 18.6 Å². The Balaban J connectivity index is 2.27. The van der Waals surface area contributed by atoms with E-state index in [1.165, 1.54) is 74.9 Å². The highest BCUT2D eigenvalue weighted by atomic mass is 32.2. The number of hydrogen-bond donors (Lipinski definition) is 2. The minimum Gasteiger partial charge on any atom is -0.497 e. The number of hydrogen-bond acceptors (Lipinski definition) is 6. The van der Waals surface area contributed by atoms with Crippen LogP contribution in [-0.2, 0) is 14.9 Å². The first-order valence-corrected chi connectivity index (χ1v) is 14.1. The van der Waals surface area contributed by atoms with Crippen LogP contribution in [-0.4, -0.2) is 44.7 Å². The monoisotopic (exact) mass is 486 g/mol. The summed E-state index contributed by atoms with van der Waals surface area (Å²) in [6.45, 7) is 2.92. The smallest absolute Gasteiger partial charge is 0.243 e. The Morgan fingerprint density at radius 3 is 1.73 bits per heavy atom. The van der Waals surface area contributed by atoms with E-state index in [4.69, 9.17) is 14.8 Å². The first-order valence-electron chi connectivity index (χ1n) is 12.7. The summed E-state index contributed by atoms with van der Waals surface area (Å²) in [5.74, 6) is 0.611. The maximum Gasteiger partial charge on any atom is 0.243 e. The van der Waals surface area contributed by atoms with Gasteiger partial charge < -0.3 is 4.74 Å². The molecule has 0 atom stereocenters. The Hall–Kier alpha value is -1.19. The van der Waals surface area contributed by atoms with Crippen molar-refractivity contribution in [3.8, 4) is 5.75 Å². The zero-order chi connectivity index (χ0) is 24.2. The Kier molecular flexibility index (Phi) is 17.3. The molecule has 0 amide bonds. The van der Waals surface area contributed by atoms with E-state index in [2.05, 4.69) is 6.92 Å². The molecule has 0 unspecified atom stereocenters. The summed E-state index contributed by atoms with van der Waals surface area (Å²) in [7, 11) is -2.09. The van der Waals surface area contributed by atoms with Crippen molar-refractivity contribution in [1.29, 1.82) is 0 Å². The summed E-state index contributed by atoms with van der Waals surface area (Å²) in [6, 6.07) is 6.39. The topological polar surface area (TPSA) is 88.1 Å². The molecular formula is C25H46N2O5S. The van der Waals surface area contributed by atoms with Crippen LogP contribution in [0.5, 0.6) is 5.75 Å². The highest BCUT2D eigenvalue weighted by Gasteiger charge is 2.24. The van der Waals surface area contributed by atoms with Gasteiger partial charge in [-0.05, 0) is 30.7 Å². The van der Waals surface area contributed by atoms with Gasteiger partial charge in [-0.15, -0.1) is 0 Å². The van der Waals surface area contributed by atoms with Crippen LogP contribution in [0.3, 0.4) is 0 Å². The van der Waals surface area contributed by atoms with Crippen LogP contribution in [0.25, 0.3) is 0 Å². The van der Waals surface area contributed by atoms with E-state index in [9.17, 15) is 8.42 Å². The van der Waals surface area contributed by atoms with Gasteiger partial charge >= 0.3 is 0 Å². The SMILES string of the molecule is CCCCCCCCCCCCCCCCN(CCONO)S(=O)(=O)c1ccc(OC)cc1. The number of sulfonamides is 1. The number of nitrogens with one attached hydrogen (secondary N) is 1. The summed E-state index contributed by atoms with van der Waals surface area (Å²) >= 11 is 0. The van der Waals surface area contributed by atoms with Crippen LogP contribution >= 0.6 is 0 Å². The summed E-state index contributed by atoms with van der Waals surface area (Å²) in [6.07, 6.45) is 17.6. The molecule has 0 saturated heterocycles. The first-order chi connectivity index (χ1) is 16.1. The van der Waals surface area contributed by atoms with E-state index in [0.29, 0.717) is 12.3 Å². The van der Waals surface area contributed by atoms with Crippen molar-refractivity contribution in [2.24, 2.45) is 0 Å². The minimum atomic E-state index is -3.64. The van der Waals surface area contributed by atoms with Gasteiger partial charge in [0, 0.05) is 13.1 Å². The Labute approximate surface area is 201 Å². The van der Waals surface area contributed by atoms with E-state index in [0.717, 1.165) is 19.3 Å². The van der Waals surface area contributed by atoms with Crippen molar-refractivity contribution in [1.82, 2.24) is 9.95 Å². The third-order valence-electron chi connectivity index (χ3n) is 5.97. The largest absolute Gasteiger partial charge is 0.497 e. The van der Waals surface area contributed by atoms with Gasteiger partial charge in [0.15, 0.2) is 0 Å². The molecule has 2 N–H and O–H groups in total. The van der Waals surface area contributed by atoms with Crippen molar-refractivity contribution < 1.29 is 23.2 Å². The second kappa shape index (κ2) is 19.2. The quantitative estimate of drug-likeness (QED) is 0.153. The van der Waals surface area contributed by atoms with Crippen LogP contribution in [0, 0.1) is 0 Å². The summed E-state index contributed by atoms with van der Waals surface area (Å²) < 4.78 is 32.6. The van der Waals surface area contributed by atoms with E-state index in [1.54, 1.807) is 37.0 Å². The van der Waals surface area contributed by atoms with Gasteiger partial charge in [-0.1, -0.05) is 96.0 Å². The van der Waals surface area contributed by atoms with Crippen molar-refractivity contribution >= 4 is 10.0 Å². The summed E-state index contributed by atoms with van der Waals surface area (Å²) in [5.41, 5.74) is 1.61. The molecule has 0 saturated carbocycles. The molecule has 0 fully saturated rings. The maximum absolute atomic E-state index is 13.0. The lowest BCUT2D eigenvalue weighted by atomic mass is 10.0. The number of nitrogens with zero attached hydrogens (tertiary/aromatic N) is 1. The van der Waals surface area contributed by atoms with Crippen LogP contribution in [0.1, 0.15) is 96.8 Å². The van der Waals surface area contributed by atoms with Crippen molar-refractivity contribution in [2.75, 3.05) is 26.8 Å². The highest BCUT2D eigenvalue weighted by molar-refractivity contribution is 7.89. The fourth-order valence-electron chi connectivity index (χ4n) is 3.92. The Bertz CT molecular complexity index is 683. The van der Waals surface area contributed by atoms with Gasteiger partial charge in [0.25, 0.3) is 0 Å². The van der Waals surface area contributed by atoms with E-state index >= 15 is 0 Å². The molecule has 192 valence electrons. The van der Waals surface area contributed by atoms with Gasteiger partial charge in [0.1, 0.15) is 5.75 Å². The minimum absolute atomic E-state index is 0.0600. The van der Waals surface area contributed by atoms with Crippen LogP contribution in [0.4, 0.5) is 0 Å². The predicted octanol–water partition coefficient (Wildman–Crippen LogP) is 6.08. The zero-order valence-electron chi connectivity index (χ0n) is 20.8. The lowest BCUT2D eigenvalue weighted by Crippen LogP contribution is -2.35. The first kappa shape index (κ1) is 29.8. The van der Waals surface area contributed by atoms with Crippen molar-refractivity contribution in [3.63, 3.8) is 0 Å². The molecule has 33 heavy (non-hydrogen) atoms. The predicted molar refractivity (Wildman–Crippen MR) is 133 cm³/mol. The zero-order valence-corrected chi connectivity index (χ0v) is 21.6. The number of unbranched alkanes of at least 4 members (excludes halogenated alkanes) is 13. The Morgan fingerprint density at radius 2 is 1.27 bits per heavy atom. The van der Waals surface area contributed by atoms with Crippen molar-refractivity contribution in [2.45, 2.75) is 102 Å². The molecular weight excluding hydrogens is 440 g/mol. The molecule has 8 heteroatoms. The van der Waals surface area contributed by atoms with E-state index in [1.807, 2.05) is 0 Å². The third-order valence-corrected chi connectivity index (χ3v) is 7.88. The molecule has 0 aliphatic heterocycles. The number of benzene rings is 1. The molecule has 0 radical (unpaired) electrons. The average Bonchev–Trinajstić information content (AvgIpc) is 2.83. The van der Waals surface area contributed by atoms with Gasteiger partial charge in [-0.3, -0.25) is 10.0 Å². The maximum atomic E-state index is 13.0. The lowest BCUT2D eigenvalue weighted by molar-refractivity contribution is -0.127. The van der Waals surface area contributed by atoms with Gasteiger partial charge in [0.2, 0.25) is 10.0 Å². The molecule has 1 rings (SSSR count). The molecule has 0 aliphatic rings. The number of ether oxygens (including phenoxy) is 1. The third kappa shape index (κ3) is 13.3. The highest BCUT2D eigenvalue weighted by Crippen LogP contribution is 2.20. The molecule has 0 aromatic heterocycles. The number of rotatable bonds is 22. The lowest BCUT2D eigenvalue weighted by Gasteiger charge is -2.22. The van der Waals surface area contributed by atoms with E-state index < -0.39 is 10.0 Å². The normalized spacial score (nSPS) is 11.9. The number of methoxy groups -OCH3 is 1. The summed E-state index contributed by atoms with van der Waals surface area (Å²) in [4.78, 5) is 4.96. The van der Waals surface area contributed by atoms with E-state index in [-0.39, 0.29) is 18.0 Å².